The van der Waals surface area contributed by atoms with Gasteiger partial charge in [0.2, 0.25) is 0 Å². The Morgan fingerprint density at radius 1 is 1.40 bits per heavy atom. The highest BCUT2D eigenvalue weighted by molar-refractivity contribution is 9.10. The lowest BCUT2D eigenvalue weighted by Gasteiger charge is -2.12. The Kier molecular flexibility index (Phi) is 4.19. The maximum absolute atomic E-state index is 12.4. The molecule has 0 saturated carbocycles. The highest BCUT2D eigenvalue weighted by Crippen LogP contribution is 2.25. The molecule has 0 bridgehead atoms. The van der Waals surface area contributed by atoms with E-state index in [0.29, 0.717) is 11.4 Å². The second kappa shape index (κ2) is 5.57. The third-order valence-electron chi connectivity index (χ3n) is 3.17. The monoisotopic (exact) mass is 357 g/mol. The van der Waals surface area contributed by atoms with Gasteiger partial charge >= 0.3 is 0 Å². The molecule has 20 heavy (non-hydrogen) atoms. The third-order valence-corrected chi connectivity index (χ3v) is 5.13. The summed E-state index contributed by atoms with van der Waals surface area (Å²) in [6.45, 7) is 3.71. The van der Waals surface area contributed by atoms with E-state index < -0.39 is 10.0 Å². The van der Waals surface area contributed by atoms with Crippen LogP contribution < -0.4 is 4.72 Å². The molecule has 0 saturated heterocycles. The normalized spacial score (nSPS) is 11.6. The second-order valence-corrected chi connectivity index (χ2v) is 7.04. The molecule has 0 unspecified atom stereocenters. The molecule has 0 aliphatic rings. The molecule has 2 rings (SSSR count). The summed E-state index contributed by atoms with van der Waals surface area (Å²) in [6, 6.07) is 5.48. The van der Waals surface area contributed by atoms with Crippen LogP contribution in [0.15, 0.2) is 33.8 Å². The summed E-state index contributed by atoms with van der Waals surface area (Å²) < 4.78 is 29.9. The molecule has 0 fully saturated rings. The number of aryl methyl sites for hydroxylation is 2. The van der Waals surface area contributed by atoms with E-state index in [-0.39, 0.29) is 4.90 Å². The molecular formula is C13H16BrN3O2S. The molecule has 0 atom stereocenters. The zero-order valence-electron chi connectivity index (χ0n) is 11.5. The summed E-state index contributed by atoms with van der Waals surface area (Å²) in [5.74, 6) is 0. The van der Waals surface area contributed by atoms with Crippen LogP contribution in [0.1, 0.15) is 18.2 Å². The van der Waals surface area contributed by atoms with Crippen molar-refractivity contribution < 1.29 is 8.42 Å². The Labute approximate surface area is 127 Å². The smallest absolute Gasteiger partial charge is 0.265 e. The quantitative estimate of drug-likeness (QED) is 0.914. The van der Waals surface area contributed by atoms with Crippen molar-refractivity contribution in [3.05, 3.63) is 40.1 Å². The number of halogens is 1. The minimum Gasteiger partial charge on any atom is -0.279 e. The van der Waals surface area contributed by atoms with Gasteiger partial charge < -0.3 is 0 Å². The van der Waals surface area contributed by atoms with Crippen LogP contribution >= 0.6 is 15.9 Å². The maximum atomic E-state index is 12.4. The number of aromatic nitrogens is 2. The minimum atomic E-state index is -3.62. The van der Waals surface area contributed by atoms with Crippen molar-refractivity contribution in [3.63, 3.8) is 0 Å². The van der Waals surface area contributed by atoms with Gasteiger partial charge in [-0.1, -0.05) is 22.9 Å². The molecule has 1 aromatic carbocycles. The molecule has 1 N–H and O–H groups in total. The number of hydrogen-bond acceptors (Lipinski definition) is 3. The van der Waals surface area contributed by atoms with Gasteiger partial charge in [-0.15, -0.1) is 0 Å². The Morgan fingerprint density at radius 2 is 2.10 bits per heavy atom. The van der Waals surface area contributed by atoms with Gasteiger partial charge in [-0.2, -0.15) is 5.10 Å². The largest absolute Gasteiger partial charge is 0.279 e. The van der Waals surface area contributed by atoms with Crippen LogP contribution in [0.2, 0.25) is 0 Å². The van der Waals surface area contributed by atoms with Gasteiger partial charge in [0, 0.05) is 11.5 Å². The molecule has 7 heteroatoms. The first-order valence-corrected chi connectivity index (χ1v) is 8.42. The number of hydrogen-bond donors (Lipinski definition) is 1. The summed E-state index contributed by atoms with van der Waals surface area (Å²) in [5.41, 5.74) is 2.14. The molecule has 0 aliphatic heterocycles. The fourth-order valence-corrected chi connectivity index (χ4v) is 3.61. The van der Waals surface area contributed by atoms with Crippen LogP contribution in [0.4, 0.5) is 5.69 Å². The average Bonchev–Trinajstić information content (AvgIpc) is 2.72. The highest BCUT2D eigenvalue weighted by atomic mass is 79.9. The first-order chi connectivity index (χ1) is 9.35. The Morgan fingerprint density at radius 3 is 2.65 bits per heavy atom. The lowest BCUT2D eigenvalue weighted by atomic mass is 10.1. The van der Waals surface area contributed by atoms with Crippen LogP contribution in [-0.4, -0.2) is 18.2 Å². The topological polar surface area (TPSA) is 64.0 Å². The summed E-state index contributed by atoms with van der Waals surface area (Å²) in [6.07, 6.45) is 2.10. The summed E-state index contributed by atoms with van der Waals surface area (Å²) in [5, 5.41) is 3.97. The number of nitrogens with zero attached hydrogens (tertiary/aromatic N) is 2. The molecule has 0 spiro atoms. The molecule has 5 nitrogen and oxygen atoms in total. The zero-order chi connectivity index (χ0) is 14.9. The Hall–Kier alpha value is -1.34. The van der Waals surface area contributed by atoms with Crippen molar-refractivity contribution in [1.29, 1.82) is 0 Å². The molecule has 108 valence electrons. The van der Waals surface area contributed by atoms with Crippen LogP contribution in [0.25, 0.3) is 0 Å². The Balaban J connectivity index is 2.41. The lowest BCUT2D eigenvalue weighted by Crippen LogP contribution is -2.15. The zero-order valence-corrected chi connectivity index (χ0v) is 13.9. The van der Waals surface area contributed by atoms with E-state index in [1.165, 1.54) is 10.9 Å². The van der Waals surface area contributed by atoms with Gasteiger partial charge in [-0.3, -0.25) is 9.40 Å². The van der Waals surface area contributed by atoms with Gasteiger partial charge in [0.05, 0.1) is 17.6 Å². The summed E-state index contributed by atoms with van der Waals surface area (Å²) in [4.78, 5) is 0.199. The lowest BCUT2D eigenvalue weighted by molar-refractivity contribution is 0.600. The molecule has 1 aromatic heterocycles. The van der Waals surface area contributed by atoms with Crippen molar-refractivity contribution in [2.45, 2.75) is 25.2 Å². The van der Waals surface area contributed by atoms with Crippen molar-refractivity contribution in [2.75, 3.05) is 4.72 Å². The minimum absolute atomic E-state index is 0.199. The highest BCUT2D eigenvalue weighted by Gasteiger charge is 2.21. The number of nitrogens with one attached hydrogen (secondary N) is 1. The van der Waals surface area contributed by atoms with Crippen molar-refractivity contribution in [1.82, 2.24) is 9.78 Å². The van der Waals surface area contributed by atoms with Crippen LogP contribution in [-0.2, 0) is 23.5 Å². The molecular weight excluding hydrogens is 342 g/mol. The van der Waals surface area contributed by atoms with Crippen LogP contribution in [0.3, 0.4) is 0 Å². The first kappa shape index (κ1) is 15.1. The number of rotatable bonds is 4. The standard InChI is InChI=1S/C13H16BrN3O2S/c1-4-10-7-11(14)5-6-12(10)16-20(18,19)13-8-15-17(3)9(13)2/h5-8,16H,4H2,1-3H3. The van der Waals surface area contributed by atoms with Crippen LogP contribution in [0.5, 0.6) is 0 Å². The first-order valence-electron chi connectivity index (χ1n) is 6.15. The predicted molar refractivity (Wildman–Crippen MR) is 82.3 cm³/mol. The Bertz CT molecular complexity index is 738. The third kappa shape index (κ3) is 2.88. The number of benzene rings is 1. The van der Waals surface area contributed by atoms with E-state index in [1.54, 1.807) is 20.0 Å². The number of anilines is 1. The summed E-state index contributed by atoms with van der Waals surface area (Å²) >= 11 is 3.39. The van der Waals surface area contributed by atoms with E-state index >= 15 is 0 Å². The van der Waals surface area contributed by atoms with Gasteiger partial charge in [0.15, 0.2) is 0 Å². The van der Waals surface area contributed by atoms with Gasteiger partial charge in [-0.25, -0.2) is 8.42 Å². The fraction of sp³-hybridized carbons (Fsp3) is 0.308. The van der Waals surface area contributed by atoms with Crippen molar-refractivity contribution in [2.24, 2.45) is 7.05 Å². The molecule has 1 heterocycles. The van der Waals surface area contributed by atoms with E-state index in [9.17, 15) is 8.42 Å². The maximum Gasteiger partial charge on any atom is 0.265 e. The van der Waals surface area contributed by atoms with E-state index in [1.807, 2.05) is 19.1 Å². The number of sulfonamides is 1. The predicted octanol–water partition coefficient (Wildman–Crippen LogP) is 2.85. The van der Waals surface area contributed by atoms with Gasteiger partial charge in [-0.05, 0) is 37.1 Å². The average molecular weight is 358 g/mol. The summed E-state index contributed by atoms with van der Waals surface area (Å²) in [7, 11) is -1.90. The van der Waals surface area contributed by atoms with Crippen molar-refractivity contribution in [3.8, 4) is 0 Å². The molecule has 0 radical (unpaired) electrons. The van der Waals surface area contributed by atoms with E-state index in [0.717, 1.165) is 16.5 Å². The van der Waals surface area contributed by atoms with Crippen LogP contribution in [0, 0.1) is 6.92 Å². The van der Waals surface area contributed by atoms with Gasteiger partial charge in [0.25, 0.3) is 10.0 Å². The van der Waals surface area contributed by atoms with Gasteiger partial charge in [0.1, 0.15) is 4.90 Å². The molecule has 0 aliphatic carbocycles. The molecule has 0 amide bonds. The van der Waals surface area contributed by atoms with E-state index in [2.05, 4.69) is 25.8 Å². The fourth-order valence-electron chi connectivity index (χ4n) is 1.90. The van der Waals surface area contributed by atoms with E-state index in [4.69, 9.17) is 0 Å². The SMILES string of the molecule is CCc1cc(Br)ccc1NS(=O)(=O)c1cnn(C)c1C. The second-order valence-electron chi connectivity index (χ2n) is 4.48. The van der Waals surface area contributed by atoms with Crippen molar-refractivity contribution >= 4 is 31.6 Å². The molecule has 2 aromatic rings.